The van der Waals surface area contributed by atoms with Gasteiger partial charge in [0.25, 0.3) is 11.8 Å². The lowest BCUT2D eigenvalue weighted by Gasteiger charge is -2.04. The molecule has 1 aliphatic rings. The molecule has 0 atom stereocenters. The zero-order valence-corrected chi connectivity index (χ0v) is 16.5. The molecule has 3 aromatic rings. The van der Waals surface area contributed by atoms with Crippen molar-refractivity contribution in [2.75, 3.05) is 6.54 Å². The molecule has 1 heterocycles. The molecule has 4 rings (SSSR count). The van der Waals surface area contributed by atoms with Gasteiger partial charge in [-0.1, -0.05) is 24.3 Å². The molecule has 1 fully saturated rings. The first-order valence-electron chi connectivity index (χ1n) is 9.52. The average molecular weight is 407 g/mol. The van der Waals surface area contributed by atoms with Crippen LogP contribution in [0.25, 0.3) is 10.6 Å². The van der Waals surface area contributed by atoms with Crippen LogP contribution in [0, 0.1) is 0 Å². The maximum Gasteiger partial charge on any atom is 0.263 e. The molecule has 0 bridgehead atoms. The van der Waals surface area contributed by atoms with Gasteiger partial charge in [0.15, 0.2) is 0 Å². The summed E-state index contributed by atoms with van der Waals surface area (Å²) in [5, 5.41) is 15.9. The van der Waals surface area contributed by atoms with Gasteiger partial charge in [-0.3, -0.25) is 9.59 Å². The Labute approximate surface area is 172 Å². The van der Waals surface area contributed by atoms with Crippen LogP contribution in [0.1, 0.15) is 38.4 Å². The molecule has 0 aliphatic heterocycles. The zero-order valence-electron chi connectivity index (χ0n) is 15.7. The van der Waals surface area contributed by atoms with E-state index in [2.05, 4.69) is 15.6 Å². The van der Waals surface area contributed by atoms with Crippen molar-refractivity contribution in [3.8, 4) is 16.3 Å². The van der Waals surface area contributed by atoms with Gasteiger partial charge in [-0.25, -0.2) is 4.98 Å². The molecule has 29 heavy (non-hydrogen) atoms. The maximum absolute atomic E-state index is 12.4. The fraction of sp³-hybridized carbons (Fsp3) is 0.227. The van der Waals surface area contributed by atoms with Crippen LogP contribution in [0.5, 0.6) is 5.75 Å². The first-order chi connectivity index (χ1) is 14.1. The molecule has 1 aliphatic carbocycles. The summed E-state index contributed by atoms with van der Waals surface area (Å²) >= 11 is 1.32. The van der Waals surface area contributed by atoms with Crippen molar-refractivity contribution < 1.29 is 14.7 Å². The summed E-state index contributed by atoms with van der Waals surface area (Å²) in [4.78, 5) is 29.3. The summed E-state index contributed by atoms with van der Waals surface area (Å²) in [5.41, 5.74) is 2.55. The van der Waals surface area contributed by atoms with E-state index in [0.29, 0.717) is 29.4 Å². The predicted molar refractivity (Wildman–Crippen MR) is 112 cm³/mol. The van der Waals surface area contributed by atoms with Gasteiger partial charge in [0, 0.05) is 23.7 Å². The number of aromatic hydroxyl groups is 1. The highest BCUT2D eigenvalue weighted by Gasteiger charge is 2.23. The maximum atomic E-state index is 12.4. The predicted octanol–water partition coefficient (Wildman–Crippen LogP) is 3.38. The van der Waals surface area contributed by atoms with Crippen LogP contribution in [-0.2, 0) is 6.42 Å². The van der Waals surface area contributed by atoms with E-state index in [1.54, 1.807) is 30.5 Å². The lowest BCUT2D eigenvalue weighted by molar-refractivity contribution is 0.0945. The molecule has 0 saturated heterocycles. The van der Waals surface area contributed by atoms with Crippen LogP contribution in [0.3, 0.4) is 0 Å². The summed E-state index contributed by atoms with van der Waals surface area (Å²) in [6, 6.07) is 14.5. The number of nitrogens with one attached hydrogen (secondary N) is 2. The van der Waals surface area contributed by atoms with E-state index in [-0.39, 0.29) is 17.6 Å². The van der Waals surface area contributed by atoms with Gasteiger partial charge in [-0.2, -0.15) is 0 Å². The SMILES string of the molecule is O=C(NC1CC1)c1ccc(-c2ncc(C(=O)NCCc3ccc(O)cc3)s2)cc1. The normalized spacial score (nSPS) is 13.1. The molecule has 2 aromatic carbocycles. The minimum atomic E-state index is -0.159. The van der Waals surface area contributed by atoms with Crippen LogP contribution >= 0.6 is 11.3 Å². The molecule has 2 amide bonds. The Bertz CT molecular complexity index is 1010. The fourth-order valence-electron chi connectivity index (χ4n) is 2.84. The number of phenolic OH excluding ortho intramolecular Hbond substituents is 1. The molecule has 0 radical (unpaired) electrons. The number of amides is 2. The van der Waals surface area contributed by atoms with Crippen molar-refractivity contribution in [3.05, 3.63) is 70.7 Å². The highest BCUT2D eigenvalue weighted by Crippen LogP contribution is 2.26. The monoisotopic (exact) mass is 407 g/mol. The Morgan fingerprint density at radius 1 is 1.03 bits per heavy atom. The van der Waals surface area contributed by atoms with Gasteiger partial charge in [0.1, 0.15) is 15.6 Å². The van der Waals surface area contributed by atoms with E-state index in [9.17, 15) is 14.7 Å². The second-order valence-electron chi connectivity index (χ2n) is 7.03. The third-order valence-electron chi connectivity index (χ3n) is 4.67. The highest BCUT2D eigenvalue weighted by atomic mass is 32.1. The second kappa shape index (κ2) is 8.45. The number of aromatic nitrogens is 1. The lowest BCUT2D eigenvalue weighted by atomic mass is 10.1. The molecular formula is C22H21N3O3S. The van der Waals surface area contributed by atoms with Crippen molar-refractivity contribution in [3.63, 3.8) is 0 Å². The number of carbonyl (C=O) groups excluding carboxylic acids is 2. The smallest absolute Gasteiger partial charge is 0.263 e. The third-order valence-corrected chi connectivity index (χ3v) is 5.72. The highest BCUT2D eigenvalue weighted by molar-refractivity contribution is 7.16. The van der Waals surface area contributed by atoms with Crippen LogP contribution in [0.4, 0.5) is 0 Å². The molecular weight excluding hydrogens is 386 g/mol. The summed E-state index contributed by atoms with van der Waals surface area (Å²) in [6.45, 7) is 0.502. The van der Waals surface area contributed by atoms with Gasteiger partial charge in [-0.15, -0.1) is 11.3 Å². The van der Waals surface area contributed by atoms with Gasteiger partial charge < -0.3 is 15.7 Å². The van der Waals surface area contributed by atoms with Gasteiger partial charge in [0.2, 0.25) is 0 Å². The number of phenols is 1. The number of hydrogen-bond acceptors (Lipinski definition) is 5. The summed E-state index contributed by atoms with van der Waals surface area (Å²) in [5.74, 6) is 0.0198. The molecule has 0 unspecified atom stereocenters. The number of hydrogen-bond donors (Lipinski definition) is 3. The average Bonchev–Trinajstić information content (AvgIpc) is 3.40. The number of benzene rings is 2. The van der Waals surface area contributed by atoms with E-state index < -0.39 is 0 Å². The van der Waals surface area contributed by atoms with E-state index in [4.69, 9.17) is 0 Å². The first kappa shape index (κ1) is 19.1. The molecule has 148 valence electrons. The van der Waals surface area contributed by atoms with Crippen molar-refractivity contribution in [1.82, 2.24) is 15.6 Å². The second-order valence-corrected chi connectivity index (χ2v) is 8.06. The molecule has 0 spiro atoms. The lowest BCUT2D eigenvalue weighted by Crippen LogP contribution is -2.25. The van der Waals surface area contributed by atoms with Crippen molar-refractivity contribution >= 4 is 23.2 Å². The van der Waals surface area contributed by atoms with Crippen molar-refractivity contribution in [2.45, 2.75) is 25.3 Å². The summed E-state index contributed by atoms with van der Waals surface area (Å²) in [7, 11) is 0. The Morgan fingerprint density at radius 3 is 2.45 bits per heavy atom. The van der Waals surface area contributed by atoms with Gasteiger partial charge >= 0.3 is 0 Å². The quantitative estimate of drug-likeness (QED) is 0.560. The minimum Gasteiger partial charge on any atom is -0.508 e. The fourth-order valence-corrected chi connectivity index (χ4v) is 3.68. The Hall–Kier alpha value is -3.19. The van der Waals surface area contributed by atoms with Crippen molar-refractivity contribution in [1.29, 1.82) is 0 Å². The number of nitrogens with zero attached hydrogens (tertiary/aromatic N) is 1. The van der Waals surface area contributed by atoms with Gasteiger partial charge in [-0.05, 0) is 49.1 Å². The van der Waals surface area contributed by atoms with E-state index in [0.717, 1.165) is 29.0 Å². The number of carbonyl (C=O) groups is 2. The summed E-state index contributed by atoms with van der Waals surface area (Å²) in [6.07, 6.45) is 4.37. The topological polar surface area (TPSA) is 91.3 Å². The van der Waals surface area contributed by atoms with Crippen molar-refractivity contribution in [2.24, 2.45) is 0 Å². The Morgan fingerprint density at radius 2 is 1.76 bits per heavy atom. The Kier molecular flexibility index (Phi) is 5.57. The van der Waals surface area contributed by atoms with Crippen LogP contribution in [-0.4, -0.2) is 34.5 Å². The van der Waals surface area contributed by atoms with E-state index in [1.165, 1.54) is 11.3 Å². The Balaban J connectivity index is 1.32. The third kappa shape index (κ3) is 5.00. The molecule has 6 nitrogen and oxygen atoms in total. The van der Waals surface area contributed by atoms with E-state index >= 15 is 0 Å². The summed E-state index contributed by atoms with van der Waals surface area (Å²) < 4.78 is 0. The van der Waals surface area contributed by atoms with Crippen LogP contribution < -0.4 is 10.6 Å². The van der Waals surface area contributed by atoms with Gasteiger partial charge in [0.05, 0.1) is 6.20 Å². The minimum absolute atomic E-state index is 0.0492. The van der Waals surface area contributed by atoms with Crippen LogP contribution in [0.2, 0.25) is 0 Å². The molecule has 3 N–H and O–H groups in total. The zero-order chi connectivity index (χ0) is 20.2. The number of thiazole rings is 1. The van der Waals surface area contributed by atoms with Crippen LogP contribution in [0.15, 0.2) is 54.7 Å². The largest absolute Gasteiger partial charge is 0.508 e. The molecule has 1 aromatic heterocycles. The standard InChI is InChI=1S/C22H21N3O3S/c26-18-9-1-14(2-10-18)11-12-23-21(28)19-13-24-22(29-19)16-5-3-15(4-6-16)20(27)25-17-7-8-17/h1-6,9-10,13,17,26H,7-8,11-12H2,(H,23,28)(H,25,27). The molecule has 7 heteroatoms. The first-order valence-corrected chi connectivity index (χ1v) is 10.3. The number of rotatable bonds is 7. The van der Waals surface area contributed by atoms with E-state index in [1.807, 2.05) is 24.3 Å². The molecule has 1 saturated carbocycles.